The van der Waals surface area contributed by atoms with Crippen molar-refractivity contribution >= 4 is 11.9 Å². The van der Waals surface area contributed by atoms with Crippen LogP contribution in [0.3, 0.4) is 0 Å². The van der Waals surface area contributed by atoms with Crippen molar-refractivity contribution in [1.29, 1.82) is 0 Å². The largest absolute Gasteiger partial charge is 0.479 e. The maximum atomic E-state index is 12.6. The molecule has 0 saturated carbocycles. The van der Waals surface area contributed by atoms with Gasteiger partial charge in [0.25, 0.3) is 0 Å². The van der Waals surface area contributed by atoms with Crippen LogP contribution in [-0.2, 0) is 16.0 Å². The Kier molecular flexibility index (Phi) is 3.24. The fraction of sp³-hybridized carbons (Fsp3) is 0.200. The lowest BCUT2D eigenvalue weighted by molar-refractivity contribution is -0.156. The van der Waals surface area contributed by atoms with E-state index in [0.29, 0.717) is 5.56 Å². The van der Waals surface area contributed by atoms with Gasteiger partial charge in [-0.25, -0.2) is 14.0 Å². The Hall–Kier alpha value is -1.95. The number of carbonyl (C=O) groups is 2. The smallest absolute Gasteiger partial charge is 0.335 e. The molecule has 4 N–H and O–H groups in total. The minimum Gasteiger partial charge on any atom is -0.479 e. The van der Waals surface area contributed by atoms with Crippen molar-refractivity contribution in [3.8, 4) is 0 Å². The number of halogens is 1. The van der Waals surface area contributed by atoms with Crippen LogP contribution in [0.2, 0.25) is 0 Å². The molecule has 0 unspecified atom stereocenters. The van der Waals surface area contributed by atoms with E-state index in [1.807, 2.05) is 0 Å². The Bertz CT molecular complexity index is 401. The Morgan fingerprint density at radius 2 is 1.62 bits per heavy atom. The molecular formula is C10H10FNO4. The number of carboxylic acid groups (broad SMARTS) is 2. The number of benzene rings is 1. The van der Waals surface area contributed by atoms with Crippen LogP contribution in [0.1, 0.15) is 5.56 Å². The number of rotatable bonds is 4. The van der Waals surface area contributed by atoms with E-state index >= 15 is 0 Å². The highest BCUT2D eigenvalue weighted by Crippen LogP contribution is 2.13. The fourth-order valence-electron chi connectivity index (χ4n) is 1.17. The van der Waals surface area contributed by atoms with Gasteiger partial charge in [-0.15, -0.1) is 0 Å². The molecule has 0 spiro atoms. The van der Waals surface area contributed by atoms with Crippen LogP contribution in [0.15, 0.2) is 24.3 Å². The molecule has 0 fully saturated rings. The van der Waals surface area contributed by atoms with Crippen LogP contribution < -0.4 is 5.73 Å². The highest BCUT2D eigenvalue weighted by molar-refractivity contribution is 6.03. The number of nitrogens with two attached hydrogens (primary N) is 1. The lowest BCUT2D eigenvalue weighted by Crippen LogP contribution is -2.56. The molecule has 0 heterocycles. The summed E-state index contributed by atoms with van der Waals surface area (Å²) < 4.78 is 12.6. The Morgan fingerprint density at radius 3 is 2.00 bits per heavy atom. The third-order valence-corrected chi connectivity index (χ3v) is 2.16. The zero-order valence-electron chi connectivity index (χ0n) is 8.18. The van der Waals surface area contributed by atoms with E-state index in [1.54, 1.807) is 0 Å². The summed E-state index contributed by atoms with van der Waals surface area (Å²) in [6.07, 6.45) is -0.405. The molecule has 6 heteroatoms. The molecule has 0 aliphatic heterocycles. The van der Waals surface area contributed by atoms with Crippen molar-refractivity contribution in [2.24, 2.45) is 5.73 Å². The van der Waals surface area contributed by atoms with Crippen LogP contribution in [0.25, 0.3) is 0 Å². The summed E-state index contributed by atoms with van der Waals surface area (Å²) in [4.78, 5) is 21.5. The third kappa shape index (κ3) is 2.34. The molecule has 1 aromatic rings. The van der Waals surface area contributed by atoms with Gasteiger partial charge >= 0.3 is 11.9 Å². The molecule has 0 atom stereocenters. The van der Waals surface area contributed by atoms with Gasteiger partial charge in [0.05, 0.1) is 0 Å². The molecule has 86 valence electrons. The zero-order chi connectivity index (χ0) is 12.3. The molecule has 0 bridgehead atoms. The summed E-state index contributed by atoms with van der Waals surface area (Å²) in [7, 11) is 0. The van der Waals surface area contributed by atoms with Gasteiger partial charge in [0.2, 0.25) is 5.54 Å². The van der Waals surface area contributed by atoms with E-state index in [1.165, 1.54) is 12.1 Å². The van der Waals surface area contributed by atoms with Gasteiger partial charge in [0.1, 0.15) is 5.82 Å². The van der Waals surface area contributed by atoms with Gasteiger partial charge in [-0.1, -0.05) is 12.1 Å². The van der Waals surface area contributed by atoms with Crippen molar-refractivity contribution in [3.05, 3.63) is 35.6 Å². The first kappa shape index (κ1) is 12.1. The molecule has 0 aliphatic carbocycles. The first-order chi connectivity index (χ1) is 7.36. The average Bonchev–Trinajstić information content (AvgIpc) is 2.20. The monoisotopic (exact) mass is 227 g/mol. The van der Waals surface area contributed by atoms with Gasteiger partial charge in [-0.3, -0.25) is 0 Å². The average molecular weight is 227 g/mol. The van der Waals surface area contributed by atoms with Gasteiger partial charge in [-0.2, -0.15) is 0 Å². The van der Waals surface area contributed by atoms with Crippen molar-refractivity contribution in [1.82, 2.24) is 0 Å². The molecule has 0 saturated heterocycles. The number of hydrogen-bond acceptors (Lipinski definition) is 3. The minimum atomic E-state index is -2.39. The van der Waals surface area contributed by atoms with E-state index in [9.17, 15) is 14.0 Å². The van der Waals surface area contributed by atoms with Gasteiger partial charge in [0, 0.05) is 6.42 Å². The molecule has 5 nitrogen and oxygen atoms in total. The van der Waals surface area contributed by atoms with Gasteiger partial charge in [0.15, 0.2) is 0 Å². The SMILES string of the molecule is NC(Cc1ccc(F)cc1)(C(=O)O)C(=O)O. The molecule has 0 aliphatic rings. The summed E-state index contributed by atoms with van der Waals surface area (Å²) >= 11 is 0. The number of aliphatic carboxylic acids is 2. The highest BCUT2D eigenvalue weighted by atomic mass is 19.1. The van der Waals surface area contributed by atoms with E-state index in [0.717, 1.165) is 12.1 Å². The maximum absolute atomic E-state index is 12.6. The topological polar surface area (TPSA) is 101 Å². The van der Waals surface area contributed by atoms with Gasteiger partial charge < -0.3 is 15.9 Å². The van der Waals surface area contributed by atoms with E-state index in [2.05, 4.69) is 0 Å². The van der Waals surface area contributed by atoms with Crippen LogP contribution >= 0.6 is 0 Å². The first-order valence-corrected chi connectivity index (χ1v) is 4.36. The summed E-state index contributed by atoms with van der Waals surface area (Å²) in [6, 6.07) is 4.81. The van der Waals surface area contributed by atoms with Crippen LogP contribution in [0.5, 0.6) is 0 Å². The minimum absolute atomic E-state index is 0.341. The second kappa shape index (κ2) is 4.28. The van der Waals surface area contributed by atoms with E-state index in [4.69, 9.17) is 15.9 Å². The summed E-state index contributed by atoms with van der Waals surface area (Å²) in [5, 5.41) is 17.5. The quantitative estimate of drug-likeness (QED) is 0.639. The Labute approximate surface area is 90.3 Å². The lowest BCUT2D eigenvalue weighted by Gasteiger charge is -2.19. The first-order valence-electron chi connectivity index (χ1n) is 4.36. The second-order valence-electron chi connectivity index (χ2n) is 3.38. The third-order valence-electron chi connectivity index (χ3n) is 2.16. The highest BCUT2D eigenvalue weighted by Gasteiger charge is 2.42. The van der Waals surface area contributed by atoms with Crippen LogP contribution in [0, 0.1) is 5.82 Å². The predicted molar refractivity (Wildman–Crippen MR) is 52.3 cm³/mol. The Balaban J connectivity index is 2.97. The maximum Gasteiger partial charge on any atom is 0.335 e. The summed E-state index contributed by atoms with van der Waals surface area (Å²) in [5.41, 5.74) is 3.21. The molecule has 16 heavy (non-hydrogen) atoms. The number of carboxylic acids is 2. The number of hydrogen-bond donors (Lipinski definition) is 3. The van der Waals surface area contributed by atoms with Crippen molar-refractivity contribution in [2.45, 2.75) is 12.0 Å². The zero-order valence-corrected chi connectivity index (χ0v) is 8.18. The second-order valence-corrected chi connectivity index (χ2v) is 3.38. The van der Waals surface area contributed by atoms with Crippen LogP contribution in [-0.4, -0.2) is 27.7 Å². The van der Waals surface area contributed by atoms with Crippen LogP contribution in [0.4, 0.5) is 4.39 Å². The summed E-state index contributed by atoms with van der Waals surface area (Å²) in [6.45, 7) is 0. The molecular weight excluding hydrogens is 217 g/mol. The standard InChI is InChI=1S/C10H10FNO4/c11-7-3-1-6(2-4-7)5-10(12,8(13)14)9(15)16/h1-4H,5,12H2,(H,13,14)(H,15,16). The molecule has 1 rings (SSSR count). The molecule has 0 aromatic heterocycles. The van der Waals surface area contributed by atoms with E-state index < -0.39 is 29.7 Å². The van der Waals surface area contributed by atoms with Gasteiger partial charge in [-0.05, 0) is 17.7 Å². The van der Waals surface area contributed by atoms with E-state index in [-0.39, 0.29) is 0 Å². The predicted octanol–water partition coefficient (Wildman–Crippen LogP) is 0.235. The molecule has 0 radical (unpaired) electrons. The van der Waals surface area contributed by atoms with Crippen molar-refractivity contribution in [2.75, 3.05) is 0 Å². The summed E-state index contributed by atoms with van der Waals surface area (Å²) in [5.74, 6) is -3.76. The molecule has 1 aromatic carbocycles. The fourth-order valence-corrected chi connectivity index (χ4v) is 1.17. The van der Waals surface area contributed by atoms with Crippen molar-refractivity contribution in [3.63, 3.8) is 0 Å². The Morgan fingerprint density at radius 1 is 1.19 bits per heavy atom. The molecule has 0 amide bonds. The normalized spacial score (nSPS) is 11.1. The van der Waals surface area contributed by atoms with Crippen molar-refractivity contribution < 1.29 is 24.2 Å². The lowest BCUT2D eigenvalue weighted by atomic mass is 9.92.